The third kappa shape index (κ3) is 3.90. The molecule has 1 rings (SSSR count). The van der Waals surface area contributed by atoms with Gasteiger partial charge in [-0.15, -0.1) is 11.6 Å². The number of piperidine rings is 1. The minimum atomic E-state index is -3.23. The van der Waals surface area contributed by atoms with Crippen LogP contribution in [-0.4, -0.2) is 48.2 Å². The van der Waals surface area contributed by atoms with Crippen molar-refractivity contribution in [2.75, 3.05) is 24.7 Å². The number of rotatable bonds is 4. The summed E-state index contributed by atoms with van der Waals surface area (Å²) >= 11 is 5.47. The zero-order valence-corrected chi connectivity index (χ0v) is 10.5. The summed E-state index contributed by atoms with van der Waals surface area (Å²) in [4.78, 5) is 0. The molecule has 0 aromatic carbocycles. The van der Waals surface area contributed by atoms with E-state index in [0.29, 0.717) is 31.7 Å². The lowest BCUT2D eigenvalue weighted by atomic mass is 9.97. The zero-order valence-electron chi connectivity index (χ0n) is 8.95. The van der Waals surface area contributed by atoms with Gasteiger partial charge < -0.3 is 5.11 Å². The topological polar surface area (TPSA) is 57.6 Å². The Bertz CT molecular complexity index is 302. The van der Waals surface area contributed by atoms with Gasteiger partial charge in [0.05, 0.1) is 11.4 Å². The van der Waals surface area contributed by atoms with Gasteiger partial charge >= 0.3 is 0 Å². The standard InChI is InChI=1S/C9H18ClNO3S/c1-9(12)4-2-6-11(8-9)15(13,14)7-3-5-10/h12H,2-8H2,1H3. The summed E-state index contributed by atoms with van der Waals surface area (Å²) in [6.45, 7) is 2.40. The van der Waals surface area contributed by atoms with Crippen LogP contribution < -0.4 is 0 Å². The molecule has 15 heavy (non-hydrogen) atoms. The second kappa shape index (κ2) is 4.99. The summed E-state index contributed by atoms with van der Waals surface area (Å²) in [6.07, 6.45) is 1.84. The lowest BCUT2D eigenvalue weighted by molar-refractivity contribution is 0.00941. The molecule has 0 radical (unpaired) electrons. The maximum atomic E-state index is 11.8. The van der Waals surface area contributed by atoms with Crippen LogP contribution in [0.25, 0.3) is 0 Å². The van der Waals surface area contributed by atoms with Crippen LogP contribution in [0.5, 0.6) is 0 Å². The van der Waals surface area contributed by atoms with Crippen molar-refractivity contribution in [2.24, 2.45) is 0 Å². The molecular weight excluding hydrogens is 238 g/mol. The highest BCUT2D eigenvalue weighted by Crippen LogP contribution is 2.22. The van der Waals surface area contributed by atoms with Gasteiger partial charge in [-0.05, 0) is 26.2 Å². The molecule has 1 N–H and O–H groups in total. The Morgan fingerprint density at radius 1 is 1.53 bits per heavy atom. The Morgan fingerprint density at radius 2 is 2.20 bits per heavy atom. The van der Waals surface area contributed by atoms with Crippen LogP contribution in [0.3, 0.4) is 0 Å². The van der Waals surface area contributed by atoms with Crippen LogP contribution in [0, 0.1) is 0 Å². The molecule has 1 heterocycles. The number of aliphatic hydroxyl groups is 1. The van der Waals surface area contributed by atoms with Gasteiger partial charge in [0.2, 0.25) is 10.0 Å². The van der Waals surface area contributed by atoms with Crippen LogP contribution in [-0.2, 0) is 10.0 Å². The first-order valence-electron chi connectivity index (χ1n) is 5.14. The summed E-state index contributed by atoms with van der Waals surface area (Å²) in [5.41, 5.74) is -0.883. The van der Waals surface area contributed by atoms with Crippen molar-refractivity contribution in [2.45, 2.75) is 31.8 Å². The third-order valence-corrected chi connectivity index (χ3v) is 4.74. The minimum absolute atomic E-state index is 0.0760. The van der Waals surface area contributed by atoms with E-state index in [4.69, 9.17) is 11.6 Å². The van der Waals surface area contributed by atoms with E-state index in [-0.39, 0.29) is 12.3 Å². The van der Waals surface area contributed by atoms with E-state index in [1.165, 1.54) is 4.31 Å². The predicted molar refractivity (Wildman–Crippen MR) is 60.6 cm³/mol. The van der Waals surface area contributed by atoms with E-state index < -0.39 is 15.6 Å². The summed E-state index contributed by atoms with van der Waals surface area (Å²) in [5.74, 6) is 0.427. The van der Waals surface area contributed by atoms with E-state index in [9.17, 15) is 13.5 Å². The summed E-state index contributed by atoms with van der Waals surface area (Å²) in [7, 11) is -3.23. The first kappa shape index (κ1) is 13.2. The molecule has 1 atom stereocenters. The van der Waals surface area contributed by atoms with Crippen molar-refractivity contribution >= 4 is 21.6 Å². The van der Waals surface area contributed by atoms with Gasteiger partial charge in [0.15, 0.2) is 0 Å². The molecule has 90 valence electrons. The molecule has 1 unspecified atom stereocenters. The van der Waals surface area contributed by atoms with Gasteiger partial charge in [-0.2, -0.15) is 4.31 Å². The molecule has 0 aliphatic carbocycles. The van der Waals surface area contributed by atoms with Crippen LogP contribution >= 0.6 is 11.6 Å². The average Bonchev–Trinajstić information content (AvgIpc) is 2.13. The number of nitrogens with zero attached hydrogens (tertiary/aromatic N) is 1. The van der Waals surface area contributed by atoms with Crippen molar-refractivity contribution in [1.82, 2.24) is 4.31 Å². The zero-order chi connectivity index (χ0) is 11.5. The lowest BCUT2D eigenvalue weighted by Crippen LogP contribution is -2.49. The van der Waals surface area contributed by atoms with Gasteiger partial charge in [-0.1, -0.05) is 0 Å². The summed E-state index contributed by atoms with van der Waals surface area (Å²) in [6, 6.07) is 0. The van der Waals surface area contributed by atoms with E-state index in [1.807, 2.05) is 0 Å². The van der Waals surface area contributed by atoms with Gasteiger partial charge in [0.25, 0.3) is 0 Å². The highest BCUT2D eigenvalue weighted by Gasteiger charge is 2.34. The molecular formula is C9H18ClNO3S. The fourth-order valence-corrected chi connectivity index (χ4v) is 3.72. The predicted octanol–water partition coefficient (Wildman–Crippen LogP) is 0.792. The summed E-state index contributed by atoms with van der Waals surface area (Å²) < 4.78 is 25.0. The summed E-state index contributed by atoms with van der Waals surface area (Å²) in [5, 5.41) is 9.80. The average molecular weight is 256 g/mol. The highest BCUT2D eigenvalue weighted by atomic mass is 35.5. The Kier molecular flexibility index (Phi) is 4.40. The van der Waals surface area contributed by atoms with Gasteiger partial charge in [0, 0.05) is 19.0 Å². The van der Waals surface area contributed by atoms with Gasteiger partial charge in [-0.3, -0.25) is 0 Å². The third-order valence-electron chi connectivity index (χ3n) is 2.57. The maximum Gasteiger partial charge on any atom is 0.214 e. The molecule has 1 aliphatic heterocycles. The number of alkyl halides is 1. The molecule has 0 amide bonds. The first-order valence-corrected chi connectivity index (χ1v) is 7.28. The highest BCUT2D eigenvalue weighted by molar-refractivity contribution is 7.89. The van der Waals surface area contributed by atoms with E-state index >= 15 is 0 Å². The van der Waals surface area contributed by atoms with Crippen molar-refractivity contribution in [1.29, 1.82) is 0 Å². The fourth-order valence-electron chi connectivity index (χ4n) is 1.78. The maximum absolute atomic E-state index is 11.8. The van der Waals surface area contributed by atoms with Crippen LogP contribution in [0.2, 0.25) is 0 Å². The minimum Gasteiger partial charge on any atom is -0.389 e. The monoisotopic (exact) mass is 255 g/mol. The number of β-amino-alcohol motifs (C(OH)–C–C–N with tert-alkyl or cyclic N) is 1. The van der Waals surface area contributed by atoms with Crippen molar-refractivity contribution in [3.8, 4) is 0 Å². The largest absolute Gasteiger partial charge is 0.389 e. The Morgan fingerprint density at radius 3 is 2.73 bits per heavy atom. The molecule has 6 heteroatoms. The number of hydrogen-bond donors (Lipinski definition) is 1. The normalized spacial score (nSPS) is 29.3. The number of halogens is 1. The molecule has 1 fully saturated rings. The first-order chi connectivity index (χ1) is 6.87. The second-order valence-corrected chi connectivity index (χ2v) is 6.76. The van der Waals surface area contributed by atoms with Crippen molar-refractivity contribution in [3.63, 3.8) is 0 Å². The molecule has 0 aromatic heterocycles. The van der Waals surface area contributed by atoms with E-state index in [1.54, 1.807) is 6.92 Å². The molecule has 0 saturated carbocycles. The van der Waals surface area contributed by atoms with Crippen LogP contribution in [0.4, 0.5) is 0 Å². The van der Waals surface area contributed by atoms with Crippen LogP contribution in [0.15, 0.2) is 0 Å². The number of hydrogen-bond acceptors (Lipinski definition) is 3. The smallest absolute Gasteiger partial charge is 0.214 e. The Balaban J connectivity index is 2.63. The Hall–Kier alpha value is 0.160. The second-order valence-electron chi connectivity index (χ2n) is 4.29. The molecule has 0 aromatic rings. The quantitative estimate of drug-likeness (QED) is 0.756. The molecule has 1 saturated heterocycles. The van der Waals surface area contributed by atoms with Gasteiger partial charge in [0.1, 0.15) is 0 Å². The molecule has 0 spiro atoms. The lowest BCUT2D eigenvalue weighted by Gasteiger charge is -2.35. The molecule has 4 nitrogen and oxygen atoms in total. The molecule has 0 bridgehead atoms. The van der Waals surface area contributed by atoms with E-state index in [0.717, 1.165) is 0 Å². The number of sulfonamides is 1. The SMILES string of the molecule is CC1(O)CCCN(S(=O)(=O)CCCCl)C1. The Labute approximate surface area is 96.3 Å². The van der Waals surface area contributed by atoms with E-state index in [2.05, 4.69) is 0 Å². The van der Waals surface area contributed by atoms with Crippen molar-refractivity contribution in [3.05, 3.63) is 0 Å². The fraction of sp³-hybridized carbons (Fsp3) is 1.00. The van der Waals surface area contributed by atoms with Crippen molar-refractivity contribution < 1.29 is 13.5 Å². The van der Waals surface area contributed by atoms with Gasteiger partial charge in [-0.25, -0.2) is 8.42 Å². The van der Waals surface area contributed by atoms with Crippen LogP contribution in [0.1, 0.15) is 26.2 Å². The molecule has 1 aliphatic rings.